The normalized spacial score (nSPS) is 10.8. The van der Waals surface area contributed by atoms with Crippen LogP contribution in [-0.4, -0.2) is 10.5 Å². The smallest absolute Gasteiger partial charge is 0.257 e. The first kappa shape index (κ1) is 17.2. The number of benzene rings is 2. The molecule has 25 heavy (non-hydrogen) atoms. The van der Waals surface area contributed by atoms with E-state index in [2.05, 4.69) is 5.32 Å². The fourth-order valence-corrected chi connectivity index (χ4v) is 3.05. The average molecular weight is 355 g/mol. The third-order valence-corrected chi connectivity index (χ3v) is 4.59. The summed E-state index contributed by atoms with van der Waals surface area (Å²) in [6.07, 6.45) is 1.63. The van der Waals surface area contributed by atoms with Gasteiger partial charge in [-0.25, -0.2) is 0 Å². The van der Waals surface area contributed by atoms with Crippen molar-refractivity contribution in [3.8, 4) is 0 Å². The SMILES string of the molecule is CCn1cc(C(=O)NCc2ccccc2Cl)c(=O)c2cc(C)ccc21. The molecular weight excluding hydrogens is 336 g/mol. The molecule has 0 aliphatic carbocycles. The highest BCUT2D eigenvalue weighted by atomic mass is 35.5. The first-order valence-corrected chi connectivity index (χ1v) is 8.54. The van der Waals surface area contributed by atoms with Gasteiger partial charge in [0.15, 0.2) is 0 Å². The Morgan fingerprint density at radius 2 is 1.96 bits per heavy atom. The van der Waals surface area contributed by atoms with E-state index in [1.807, 2.05) is 54.8 Å². The van der Waals surface area contributed by atoms with E-state index in [1.165, 1.54) is 0 Å². The molecule has 0 fully saturated rings. The predicted molar refractivity (Wildman–Crippen MR) is 101 cm³/mol. The van der Waals surface area contributed by atoms with Gasteiger partial charge in [0.25, 0.3) is 5.91 Å². The highest BCUT2D eigenvalue weighted by Gasteiger charge is 2.15. The lowest BCUT2D eigenvalue weighted by molar-refractivity contribution is 0.0949. The van der Waals surface area contributed by atoms with Gasteiger partial charge >= 0.3 is 0 Å². The van der Waals surface area contributed by atoms with Crippen LogP contribution in [0.5, 0.6) is 0 Å². The van der Waals surface area contributed by atoms with Gasteiger partial charge in [-0.1, -0.05) is 41.4 Å². The number of halogens is 1. The molecule has 0 aliphatic rings. The number of carbonyl (C=O) groups excluding carboxylic acids is 1. The first-order chi connectivity index (χ1) is 12.0. The maximum Gasteiger partial charge on any atom is 0.257 e. The van der Waals surface area contributed by atoms with Crippen molar-refractivity contribution in [1.82, 2.24) is 9.88 Å². The Balaban J connectivity index is 1.97. The van der Waals surface area contributed by atoms with Crippen molar-refractivity contribution in [3.05, 3.63) is 80.6 Å². The van der Waals surface area contributed by atoms with Gasteiger partial charge in [-0.2, -0.15) is 0 Å². The van der Waals surface area contributed by atoms with Crippen molar-refractivity contribution in [2.75, 3.05) is 0 Å². The highest BCUT2D eigenvalue weighted by molar-refractivity contribution is 6.31. The molecule has 3 rings (SSSR count). The summed E-state index contributed by atoms with van der Waals surface area (Å²) in [6, 6.07) is 13.0. The van der Waals surface area contributed by atoms with Gasteiger partial charge in [-0.05, 0) is 37.6 Å². The molecule has 3 aromatic rings. The number of aryl methyl sites for hydroxylation is 2. The zero-order chi connectivity index (χ0) is 18.0. The van der Waals surface area contributed by atoms with E-state index < -0.39 is 5.91 Å². The molecule has 0 unspecified atom stereocenters. The number of hydrogen-bond acceptors (Lipinski definition) is 2. The zero-order valence-corrected chi connectivity index (χ0v) is 14.9. The maximum absolute atomic E-state index is 12.8. The van der Waals surface area contributed by atoms with Crippen LogP contribution >= 0.6 is 11.6 Å². The van der Waals surface area contributed by atoms with Crippen molar-refractivity contribution in [2.24, 2.45) is 0 Å². The van der Waals surface area contributed by atoms with Crippen molar-refractivity contribution in [3.63, 3.8) is 0 Å². The fraction of sp³-hybridized carbons (Fsp3) is 0.200. The molecule has 1 N–H and O–H groups in total. The molecule has 1 heterocycles. The van der Waals surface area contributed by atoms with E-state index in [9.17, 15) is 9.59 Å². The topological polar surface area (TPSA) is 51.1 Å². The first-order valence-electron chi connectivity index (χ1n) is 8.16. The molecule has 1 aromatic heterocycles. The van der Waals surface area contributed by atoms with E-state index in [0.29, 0.717) is 17.0 Å². The Morgan fingerprint density at radius 1 is 1.20 bits per heavy atom. The molecule has 2 aromatic carbocycles. The number of nitrogens with zero attached hydrogens (tertiary/aromatic N) is 1. The number of pyridine rings is 1. The summed E-state index contributed by atoms with van der Waals surface area (Å²) in [7, 11) is 0. The summed E-state index contributed by atoms with van der Waals surface area (Å²) >= 11 is 6.11. The van der Waals surface area contributed by atoms with Crippen LogP contribution < -0.4 is 10.7 Å². The van der Waals surface area contributed by atoms with Crippen LogP contribution in [0.4, 0.5) is 0 Å². The summed E-state index contributed by atoms with van der Waals surface area (Å²) < 4.78 is 1.92. The largest absolute Gasteiger partial charge is 0.348 e. The molecule has 0 bridgehead atoms. The van der Waals surface area contributed by atoms with E-state index in [1.54, 1.807) is 12.3 Å². The summed E-state index contributed by atoms with van der Waals surface area (Å²) in [4.78, 5) is 25.3. The summed E-state index contributed by atoms with van der Waals surface area (Å²) in [5.74, 6) is -0.393. The number of carbonyl (C=O) groups is 1. The van der Waals surface area contributed by atoms with Gasteiger partial charge in [0.1, 0.15) is 5.56 Å². The Bertz CT molecular complexity index is 1010. The van der Waals surface area contributed by atoms with Crippen LogP contribution in [0, 0.1) is 6.92 Å². The lowest BCUT2D eigenvalue weighted by Crippen LogP contribution is -2.29. The number of fused-ring (bicyclic) bond motifs is 1. The summed E-state index contributed by atoms with van der Waals surface area (Å²) in [6.45, 7) is 4.86. The molecule has 0 saturated carbocycles. The van der Waals surface area contributed by atoms with Crippen LogP contribution in [0.25, 0.3) is 10.9 Å². The molecule has 128 valence electrons. The van der Waals surface area contributed by atoms with E-state index in [4.69, 9.17) is 11.6 Å². The number of amides is 1. The summed E-state index contributed by atoms with van der Waals surface area (Å²) in [5, 5.41) is 3.94. The van der Waals surface area contributed by atoms with Crippen LogP contribution in [0.15, 0.2) is 53.5 Å². The van der Waals surface area contributed by atoms with Gasteiger partial charge in [-0.15, -0.1) is 0 Å². The lowest BCUT2D eigenvalue weighted by Gasteiger charge is -2.12. The zero-order valence-electron chi connectivity index (χ0n) is 14.2. The van der Waals surface area contributed by atoms with E-state index in [0.717, 1.165) is 16.6 Å². The molecule has 1 amide bonds. The Kier molecular flexibility index (Phi) is 4.91. The van der Waals surface area contributed by atoms with Crippen LogP contribution in [-0.2, 0) is 13.1 Å². The molecule has 0 atom stereocenters. The monoisotopic (exact) mass is 354 g/mol. The quantitative estimate of drug-likeness (QED) is 0.772. The van der Waals surface area contributed by atoms with Gasteiger partial charge in [-0.3, -0.25) is 9.59 Å². The second-order valence-electron chi connectivity index (χ2n) is 5.95. The van der Waals surface area contributed by atoms with Crippen molar-refractivity contribution in [2.45, 2.75) is 26.9 Å². The molecule has 0 spiro atoms. The Morgan fingerprint density at radius 3 is 2.68 bits per heavy atom. The van der Waals surface area contributed by atoms with Gasteiger partial charge < -0.3 is 9.88 Å². The number of nitrogens with one attached hydrogen (secondary N) is 1. The number of aromatic nitrogens is 1. The number of rotatable bonds is 4. The lowest BCUT2D eigenvalue weighted by atomic mass is 10.1. The van der Waals surface area contributed by atoms with Crippen LogP contribution in [0.1, 0.15) is 28.4 Å². The van der Waals surface area contributed by atoms with Crippen molar-refractivity contribution in [1.29, 1.82) is 0 Å². The second-order valence-corrected chi connectivity index (χ2v) is 6.36. The number of hydrogen-bond donors (Lipinski definition) is 1. The standard InChI is InChI=1S/C20H19ClN2O2/c1-3-23-12-16(19(24)15-10-13(2)8-9-18(15)23)20(25)22-11-14-6-4-5-7-17(14)21/h4-10,12H,3,11H2,1-2H3,(H,22,25). The highest BCUT2D eigenvalue weighted by Crippen LogP contribution is 2.16. The van der Waals surface area contributed by atoms with Crippen LogP contribution in [0.3, 0.4) is 0 Å². The fourth-order valence-electron chi connectivity index (χ4n) is 2.85. The third kappa shape index (κ3) is 3.44. The van der Waals surface area contributed by atoms with Crippen molar-refractivity contribution < 1.29 is 4.79 Å². The Labute approximate surface area is 151 Å². The molecule has 0 saturated heterocycles. The van der Waals surface area contributed by atoms with E-state index in [-0.39, 0.29) is 17.5 Å². The average Bonchev–Trinajstić information content (AvgIpc) is 2.61. The minimum absolute atomic E-state index is 0.145. The molecular formula is C20H19ClN2O2. The minimum atomic E-state index is -0.393. The molecule has 0 radical (unpaired) electrons. The molecule has 5 heteroatoms. The summed E-state index contributed by atoms with van der Waals surface area (Å²) in [5.41, 5.74) is 2.53. The predicted octanol–water partition coefficient (Wildman–Crippen LogP) is 3.91. The van der Waals surface area contributed by atoms with Gasteiger partial charge in [0, 0.05) is 29.7 Å². The van der Waals surface area contributed by atoms with Crippen molar-refractivity contribution >= 4 is 28.4 Å². The van der Waals surface area contributed by atoms with Gasteiger partial charge in [0.2, 0.25) is 5.43 Å². The molecule has 0 aliphatic heterocycles. The van der Waals surface area contributed by atoms with Crippen LogP contribution in [0.2, 0.25) is 5.02 Å². The van der Waals surface area contributed by atoms with E-state index >= 15 is 0 Å². The maximum atomic E-state index is 12.8. The van der Waals surface area contributed by atoms with Gasteiger partial charge in [0.05, 0.1) is 5.52 Å². The minimum Gasteiger partial charge on any atom is -0.348 e. The third-order valence-electron chi connectivity index (χ3n) is 4.22. The Hall–Kier alpha value is -2.59. The molecule has 4 nitrogen and oxygen atoms in total. The second kappa shape index (κ2) is 7.11.